The maximum Gasteiger partial charge on any atom is 0.193 e. The highest BCUT2D eigenvalue weighted by Crippen LogP contribution is 2.35. The number of nitrogens with one attached hydrogen (secondary N) is 1. The van der Waals surface area contributed by atoms with Crippen LogP contribution in [0, 0.1) is 5.92 Å². The van der Waals surface area contributed by atoms with E-state index in [1.165, 1.54) is 42.5 Å². The van der Waals surface area contributed by atoms with Gasteiger partial charge in [-0.05, 0) is 80.9 Å². The predicted octanol–water partition coefficient (Wildman–Crippen LogP) is 3.34. The SMILES string of the molecule is CN1CCC[C@@H](CN=C(N)Nc2ccc3c(c2)CCC3)[C@@H]1c1ccnn1C.I. The number of piperidine rings is 1. The molecule has 2 heterocycles. The molecule has 3 N–H and O–H groups in total. The fraction of sp³-hybridized carbons (Fsp3) is 0.524. The van der Waals surface area contributed by atoms with E-state index in [0.29, 0.717) is 17.9 Å². The summed E-state index contributed by atoms with van der Waals surface area (Å²) in [6.07, 6.45) is 7.86. The van der Waals surface area contributed by atoms with Crippen molar-refractivity contribution in [3.8, 4) is 0 Å². The number of aliphatic imine (C=N–C) groups is 1. The van der Waals surface area contributed by atoms with Crippen LogP contribution in [0.3, 0.4) is 0 Å². The highest BCUT2D eigenvalue weighted by molar-refractivity contribution is 14.0. The van der Waals surface area contributed by atoms with E-state index in [2.05, 4.69) is 51.6 Å². The number of nitrogens with zero attached hydrogens (tertiary/aromatic N) is 4. The number of likely N-dealkylation sites (tertiary alicyclic amines) is 1. The number of aryl methyl sites for hydroxylation is 3. The van der Waals surface area contributed by atoms with Crippen molar-refractivity contribution in [2.45, 2.75) is 38.1 Å². The third-order valence-electron chi connectivity index (χ3n) is 6.04. The lowest BCUT2D eigenvalue weighted by atomic mass is 9.87. The number of fused-ring (bicyclic) bond motifs is 1. The Morgan fingerprint density at radius 3 is 2.82 bits per heavy atom. The van der Waals surface area contributed by atoms with Gasteiger partial charge in [-0.3, -0.25) is 14.6 Å². The Balaban J connectivity index is 0.00000225. The molecule has 6 nitrogen and oxygen atoms in total. The summed E-state index contributed by atoms with van der Waals surface area (Å²) in [6.45, 7) is 1.84. The third kappa shape index (κ3) is 4.51. The van der Waals surface area contributed by atoms with Crippen LogP contribution in [0.5, 0.6) is 0 Å². The first-order valence-corrected chi connectivity index (χ1v) is 9.98. The Morgan fingerprint density at radius 2 is 2.04 bits per heavy atom. The van der Waals surface area contributed by atoms with Crippen molar-refractivity contribution in [2.75, 3.05) is 25.5 Å². The van der Waals surface area contributed by atoms with Crippen molar-refractivity contribution in [3.05, 3.63) is 47.3 Å². The second-order valence-corrected chi connectivity index (χ2v) is 7.90. The zero-order valence-corrected chi connectivity index (χ0v) is 19.1. The third-order valence-corrected chi connectivity index (χ3v) is 6.04. The summed E-state index contributed by atoms with van der Waals surface area (Å²) in [6, 6.07) is 9.00. The highest BCUT2D eigenvalue weighted by Gasteiger charge is 2.32. The molecule has 1 aliphatic heterocycles. The molecule has 4 rings (SSSR count). The van der Waals surface area contributed by atoms with Crippen molar-refractivity contribution in [1.82, 2.24) is 14.7 Å². The predicted molar refractivity (Wildman–Crippen MR) is 125 cm³/mol. The standard InChI is InChI=1S/C21H30N6.HI/c1-26-12-4-7-17(20(26)19-10-11-24-27(19)2)14-23-21(22)25-18-9-8-15-5-3-6-16(15)13-18;/h8-11,13,17,20H,3-7,12,14H2,1-2H3,(H3,22,23,25);1H/t17-,20+;/m0./s1. The van der Waals surface area contributed by atoms with Crippen LogP contribution in [0.1, 0.15) is 42.1 Å². The van der Waals surface area contributed by atoms with E-state index in [9.17, 15) is 0 Å². The van der Waals surface area contributed by atoms with Crippen LogP contribution in [-0.4, -0.2) is 40.8 Å². The lowest BCUT2D eigenvalue weighted by molar-refractivity contribution is 0.119. The van der Waals surface area contributed by atoms with Gasteiger partial charge < -0.3 is 11.1 Å². The van der Waals surface area contributed by atoms with Crippen molar-refractivity contribution < 1.29 is 0 Å². The molecule has 0 saturated carbocycles. The van der Waals surface area contributed by atoms with Crippen LogP contribution >= 0.6 is 24.0 Å². The number of hydrogen-bond donors (Lipinski definition) is 2. The van der Waals surface area contributed by atoms with Crippen molar-refractivity contribution in [1.29, 1.82) is 0 Å². The van der Waals surface area contributed by atoms with Crippen molar-refractivity contribution >= 4 is 35.6 Å². The average molecular weight is 494 g/mol. The van der Waals surface area contributed by atoms with Gasteiger partial charge in [-0.1, -0.05) is 6.07 Å². The molecule has 1 aromatic carbocycles. The smallest absolute Gasteiger partial charge is 0.193 e. The molecule has 1 aliphatic carbocycles. The second-order valence-electron chi connectivity index (χ2n) is 7.90. The molecule has 0 bridgehead atoms. The molecule has 7 heteroatoms. The van der Waals surface area contributed by atoms with E-state index in [4.69, 9.17) is 5.73 Å². The van der Waals surface area contributed by atoms with E-state index in [1.54, 1.807) is 0 Å². The van der Waals surface area contributed by atoms with Crippen LogP contribution in [0.4, 0.5) is 5.69 Å². The van der Waals surface area contributed by atoms with E-state index in [0.717, 1.165) is 25.2 Å². The minimum atomic E-state index is 0. The lowest BCUT2D eigenvalue weighted by Crippen LogP contribution is -2.39. The molecule has 2 atom stereocenters. The Morgan fingerprint density at radius 1 is 1.21 bits per heavy atom. The highest BCUT2D eigenvalue weighted by atomic mass is 127. The number of halogens is 1. The van der Waals surface area contributed by atoms with Gasteiger partial charge in [0.15, 0.2) is 5.96 Å². The summed E-state index contributed by atoms with van der Waals surface area (Å²) in [7, 11) is 4.21. The Kier molecular flexibility index (Phi) is 6.98. The number of aromatic nitrogens is 2. The van der Waals surface area contributed by atoms with Gasteiger partial charge in [0, 0.05) is 25.5 Å². The molecule has 1 saturated heterocycles. The summed E-state index contributed by atoms with van der Waals surface area (Å²) < 4.78 is 1.98. The van der Waals surface area contributed by atoms with Crippen molar-refractivity contribution in [2.24, 2.45) is 23.7 Å². The summed E-state index contributed by atoms with van der Waals surface area (Å²) in [5.74, 6) is 0.949. The van der Waals surface area contributed by atoms with Gasteiger partial charge in [0.2, 0.25) is 0 Å². The molecular formula is C21H31IN6. The normalized spacial score (nSPS) is 22.6. The molecule has 0 radical (unpaired) electrons. The monoisotopic (exact) mass is 494 g/mol. The van der Waals surface area contributed by atoms with E-state index >= 15 is 0 Å². The van der Waals surface area contributed by atoms with Crippen LogP contribution in [0.15, 0.2) is 35.5 Å². The van der Waals surface area contributed by atoms with Crippen LogP contribution in [0.2, 0.25) is 0 Å². The number of anilines is 1. The fourth-order valence-corrected chi connectivity index (χ4v) is 4.64. The molecule has 2 aromatic rings. The lowest BCUT2D eigenvalue weighted by Gasteiger charge is -2.38. The molecule has 0 spiro atoms. The number of benzene rings is 1. The zero-order valence-electron chi connectivity index (χ0n) is 16.8. The molecular weight excluding hydrogens is 463 g/mol. The average Bonchev–Trinajstić information content (AvgIpc) is 3.28. The van der Waals surface area contributed by atoms with Crippen LogP contribution < -0.4 is 11.1 Å². The van der Waals surface area contributed by atoms with Gasteiger partial charge in [-0.25, -0.2) is 0 Å². The molecule has 1 fully saturated rings. The van der Waals surface area contributed by atoms with Gasteiger partial charge in [-0.2, -0.15) is 5.10 Å². The maximum absolute atomic E-state index is 6.20. The maximum atomic E-state index is 6.20. The Bertz CT molecular complexity index is 830. The Labute approximate surface area is 184 Å². The molecule has 1 aromatic heterocycles. The minimum Gasteiger partial charge on any atom is -0.370 e. The number of nitrogens with two attached hydrogens (primary N) is 1. The quantitative estimate of drug-likeness (QED) is 0.389. The summed E-state index contributed by atoms with van der Waals surface area (Å²) >= 11 is 0. The van der Waals surface area contributed by atoms with Crippen LogP contribution in [-0.2, 0) is 19.9 Å². The first kappa shape index (κ1) is 21.1. The minimum absolute atomic E-state index is 0. The van der Waals surface area contributed by atoms with Crippen LogP contribution in [0.25, 0.3) is 0 Å². The van der Waals surface area contributed by atoms with E-state index in [-0.39, 0.29) is 24.0 Å². The van der Waals surface area contributed by atoms with Gasteiger partial charge in [0.05, 0.1) is 11.7 Å². The van der Waals surface area contributed by atoms with E-state index in [1.807, 2.05) is 17.9 Å². The van der Waals surface area contributed by atoms with Gasteiger partial charge in [-0.15, -0.1) is 24.0 Å². The summed E-state index contributed by atoms with van der Waals surface area (Å²) in [4.78, 5) is 7.11. The molecule has 152 valence electrons. The summed E-state index contributed by atoms with van der Waals surface area (Å²) in [5.41, 5.74) is 11.4. The first-order chi connectivity index (χ1) is 13.1. The number of rotatable bonds is 4. The number of hydrogen-bond acceptors (Lipinski definition) is 3. The zero-order chi connectivity index (χ0) is 18.8. The van der Waals surface area contributed by atoms with E-state index < -0.39 is 0 Å². The van der Waals surface area contributed by atoms with Gasteiger partial charge >= 0.3 is 0 Å². The topological polar surface area (TPSA) is 71.5 Å². The molecule has 0 amide bonds. The van der Waals surface area contributed by atoms with Gasteiger partial charge in [0.1, 0.15) is 0 Å². The molecule has 0 unspecified atom stereocenters. The molecule has 28 heavy (non-hydrogen) atoms. The summed E-state index contributed by atoms with van der Waals surface area (Å²) in [5, 5.41) is 7.64. The van der Waals surface area contributed by atoms with Crippen molar-refractivity contribution in [3.63, 3.8) is 0 Å². The van der Waals surface area contributed by atoms with Gasteiger partial charge in [0.25, 0.3) is 0 Å². The number of guanidine groups is 1. The first-order valence-electron chi connectivity index (χ1n) is 9.98. The Hall–Kier alpha value is -1.61. The fourth-order valence-electron chi connectivity index (χ4n) is 4.64. The largest absolute Gasteiger partial charge is 0.370 e. The molecule has 2 aliphatic rings. The second kappa shape index (κ2) is 9.26.